The third-order valence-corrected chi connectivity index (χ3v) is 2.54. The first-order valence-corrected chi connectivity index (χ1v) is 4.26. The third-order valence-electron chi connectivity index (χ3n) is 2.54. The van der Waals surface area contributed by atoms with E-state index in [4.69, 9.17) is 0 Å². The maximum Gasteiger partial charge on any atom is 1.00 e. The summed E-state index contributed by atoms with van der Waals surface area (Å²) in [6.07, 6.45) is 0.896. The van der Waals surface area contributed by atoms with Crippen LogP contribution in [0.4, 0.5) is 12.9 Å². The molecule has 0 spiro atoms. The molecule has 0 saturated heterocycles. The molecule has 0 amide bonds. The monoisotopic (exact) mass is 219 g/mol. The predicted octanol–water partition coefficient (Wildman–Crippen LogP) is -0.822. The average Bonchev–Trinajstić information content (AvgIpc) is 1.74. The minimum Gasteiger partial charge on any atom is -0.449 e. The molecule has 13 heavy (non-hydrogen) atoms. The van der Waals surface area contributed by atoms with Gasteiger partial charge in [-0.2, -0.15) is 0 Å². The predicted molar refractivity (Wildman–Crippen MR) is 44.1 cm³/mol. The Morgan fingerprint density at radius 2 is 1.69 bits per heavy atom. The van der Waals surface area contributed by atoms with Gasteiger partial charge >= 0.3 is 58.4 Å². The molecule has 1 rings (SSSR count). The van der Waals surface area contributed by atoms with Crippen molar-refractivity contribution < 1.29 is 64.3 Å². The molecule has 0 N–H and O–H groups in total. The minimum atomic E-state index is -4.56. The topological polar surface area (TPSA) is 3.24 Å². The molecule has 0 aromatic rings. The zero-order chi connectivity index (χ0) is 9.35. The van der Waals surface area contributed by atoms with Crippen LogP contribution in [0.5, 0.6) is 0 Å². The van der Waals surface area contributed by atoms with E-state index < -0.39 is 13.3 Å². The van der Waals surface area contributed by atoms with Crippen LogP contribution >= 0.6 is 0 Å². The Morgan fingerprint density at radius 1 is 1.23 bits per heavy atom. The quantitative estimate of drug-likeness (QED) is 0.560. The van der Waals surface area contributed by atoms with Crippen molar-refractivity contribution in [2.45, 2.75) is 25.2 Å². The van der Waals surface area contributed by atoms with Crippen molar-refractivity contribution in [2.24, 2.45) is 5.92 Å². The van der Waals surface area contributed by atoms with E-state index in [2.05, 4.69) is 0 Å². The van der Waals surface area contributed by atoms with Gasteiger partial charge in [-0.05, 0) is 26.9 Å². The van der Waals surface area contributed by atoms with Crippen LogP contribution in [0.2, 0.25) is 6.32 Å². The molecule has 0 bridgehead atoms. The van der Waals surface area contributed by atoms with Crippen molar-refractivity contribution in [1.29, 1.82) is 0 Å². The van der Waals surface area contributed by atoms with Gasteiger partial charge in [0.1, 0.15) is 0 Å². The van der Waals surface area contributed by atoms with Gasteiger partial charge in [0.15, 0.2) is 0 Å². The zero-order valence-corrected chi connectivity index (χ0v) is 11.6. The number of hydrogen-bond acceptors (Lipinski definition) is 1. The van der Waals surface area contributed by atoms with Crippen molar-refractivity contribution in [3.63, 3.8) is 0 Å². The Morgan fingerprint density at radius 3 is 2.00 bits per heavy atom. The van der Waals surface area contributed by atoms with E-state index in [-0.39, 0.29) is 57.3 Å². The molecular weight excluding hydrogens is 205 g/mol. The normalized spacial score (nSPS) is 28.2. The first-order valence-electron chi connectivity index (χ1n) is 4.26. The molecule has 1 aliphatic rings. The van der Waals surface area contributed by atoms with Gasteiger partial charge in [-0.25, -0.2) is 0 Å². The average molecular weight is 219 g/mol. The molecule has 0 aromatic carbocycles. The smallest absolute Gasteiger partial charge is 0.449 e. The van der Waals surface area contributed by atoms with Gasteiger partial charge in [-0.15, -0.1) is 0 Å². The second-order valence-corrected chi connectivity index (χ2v) is 3.90. The molecule has 0 atom stereocenters. The van der Waals surface area contributed by atoms with Crippen LogP contribution in [0, 0.1) is 5.92 Å². The van der Waals surface area contributed by atoms with Crippen LogP contribution in [0.15, 0.2) is 0 Å². The summed E-state index contributed by atoms with van der Waals surface area (Å²) in [7, 11) is 3.83. The summed E-state index contributed by atoms with van der Waals surface area (Å²) in [5.74, 6) is -0.0996. The van der Waals surface area contributed by atoms with Crippen molar-refractivity contribution >= 4 is 6.98 Å². The van der Waals surface area contributed by atoms with Gasteiger partial charge < -0.3 is 17.8 Å². The number of hydrogen-bond donors (Lipinski definition) is 0. The fourth-order valence-electron chi connectivity index (χ4n) is 1.69. The Labute approximate surface area is 120 Å². The van der Waals surface area contributed by atoms with Gasteiger partial charge in [0.25, 0.3) is 0 Å². The molecule has 1 aliphatic carbocycles. The minimum absolute atomic E-state index is 0. The molecule has 0 radical (unpaired) electrons. The van der Waals surface area contributed by atoms with Crippen molar-refractivity contribution in [3.05, 3.63) is 0 Å². The summed E-state index contributed by atoms with van der Waals surface area (Å²) >= 11 is 0. The number of nitrogens with zero attached hydrogens (tertiary/aromatic N) is 1. The molecule has 72 valence electrons. The second-order valence-electron chi connectivity index (χ2n) is 3.90. The maximum atomic E-state index is 11.9. The summed E-state index contributed by atoms with van der Waals surface area (Å²) in [4.78, 5) is 2.00. The summed E-state index contributed by atoms with van der Waals surface area (Å²) < 4.78 is 35.7. The van der Waals surface area contributed by atoms with Crippen molar-refractivity contribution in [3.8, 4) is 0 Å². The molecule has 6 heteroatoms. The molecule has 0 aliphatic heterocycles. The fraction of sp³-hybridized carbons (Fsp3) is 1.00. The van der Waals surface area contributed by atoms with Crippen LogP contribution in [0.3, 0.4) is 0 Å². The molecule has 0 heterocycles. The fourth-order valence-corrected chi connectivity index (χ4v) is 1.69. The van der Waals surface area contributed by atoms with Crippen LogP contribution < -0.4 is 51.4 Å². The molecule has 1 fully saturated rings. The Kier molecular flexibility index (Phi) is 6.13. The number of rotatable bonds is 3. The van der Waals surface area contributed by atoms with E-state index in [0.717, 1.165) is 0 Å². The van der Waals surface area contributed by atoms with Gasteiger partial charge in [0.2, 0.25) is 0 Å². The zero-order valence-electron chi connectivity index (χ0n) is 8.43. The first-order chi connectivity index (χ1) is 5.38. The Bertz CT molecular complexity index is 156. The largest absolute Gasteiger partial charge is 1.00 e. The van der Waals surface area contributed by atoms with Crippen LogP contribution in [0.1, 0.15) is 12.8 Å². The van der Waals surface area contributed by atoms with E-state index in [1.165, 1.54) is 0 Å². The van der Waals surface area contributed by atoms with E-state index in [9.17, 15) is 12.9 Å². The van der Waals surface area contributed by atoms with Crippen LogP contribution in [-0.2, 0) is 0 Å². The molecule has 0 unspecified atom stereocenters. The second kappa shape index (κ2) is 5.51. The molecule has 1 nitrogen and oxygen atoms in total. The van der Waals surface area contributed by atoms with E-state index in [0.29, 0.717) is 18.9 Å². The Hall–Kier alpha value is 1.45. The van der Waals surface area contributed by atoms with E-state index in [1.54, 1.807) is 0 Å². The standard InChI is InChI=1S/C7H14BF3N.K/c1-12(2)7-3-6(4-7)5-8(9,10)11;/h6-7H,3-5H2,1-2H3;/q-1;+1. The molecule has 1 saturated carbocycles. The summed E-state index contributed by atoms with van der Waals surface area (Å²) in [6, 6.07) is 0.383. The van der Waals surface area contributed by atoms with Crippen molar-refractivity contribution in [1.82, 2.24) is 4.90 Å². The van der Waals surface area contributed by atoms with Crippen molar-refractivity contribution in [2.75, 3.05) is 14.1 Å². The van der Waals surface area contributed by atoms with Gasteiger partial charge in [-0.1, -0.05) is 12.2 Å². The Balaban J connectivity index is 0.00000144. The number of halogens is 3. The summed E-state index contributed by atoms with van der Waals surface area (Å²) in [6.45, 7) is -4.56. The first kappa shape index (κ1) is 14.5. The SMILES string of the molecule is CN(C)C1CC(C[B-](F)(F)F)C1.[K+]. The van der Waals surface area contributed by atoms with E-state index in [1.807, 2.05) is 19.0 Å². The summed E-state index contributed by atoms with van der Waals surface area (Å²) in [5.41, 5.74) is 0. The van der Waals surface area contributed by atoms with Gasteiger partial charge in [0, 0.05) is 6.04 Å². The summed E-state index contributed by atoms with van der Waals surface area (Å²) in [5, 5.41) is 0. The van der Waals surface area contributed by atoms with E-state index >= 15 is 0 Å². The van der Waals surface area contributed by atoms with Crippen LogP contribution in [-0.4, -0.2) is 32.0 Å². The van der Waals surface area contributed by atoms with Gasteiger partial charge in [-0.3, -0.25) is 0 Å². The molecule has 0 aromatic heterocycles. The van der Waals surface area contributed by atoms with Gasteiger partial charge in [0.05, 0.1) is 0 Å². The molecular formula is C7H14BF3KN. The third kappa shape index (κ3) is 5.18. The maximum absolute atomic E-state index is 11.9. The van der Waals surface area contributed by atoms with Crippen LogP contribution in [0.25, 0.3) is 0 Å².